The van der Waals surface area contributed by atoms with E-state index in [9.17, 15) is 4.79 Å². The van der Waals surface area contributed by atoms with E-state index in [1.54, 1.807) is 0 Å². The van der Waals surface area contributed by atoms with Crippen LogP contribution >= 0.6 is 0 Å². The molecule has 1 aliphatic heterocycles. The number of carbonyl (C=O) groups is 1. The van der Waals surface area contributed by atoms with Crippen molar-refractivity contribution in [3.63, 3.8) is 0 Å². The second-order valence-electron chi connectivity index (χ2n) is 8.11. The highest BCUT2D eigenvalue weighted by Gasteiger charge is 2.23. The van der Waals surface area contributed by atoms with Gasteiger partial charge >= 0.3 is 0 Å². The first-order valence-corrected chi connectivity index (χ1v) is 8.79. The lowest BCUT2D eigenvalue weighted by Gasteiger charge is -2.32. The van der Waals surface area contributed by atoms with Crippen molar-refractivity contribution in [2.45, 2.75) is 65.5 Å². The summed E-state index contributed by atoms with van der Waals surface area (Å²) in [6, 6.07) is 0. The summed E-state index contributed by atoms with van der Waals surface area (Å²) in [5.41, 5.74) is -0.149. The fourth-order valence-electron chi connectivity index (χ4n) is 3.24. The third-order valence-electron chi connectivity index (χ3n) is 4.31. The molecule has 1 saturated heterocycles. The fourth-order valence-corrected chi connectivity index (χ4v) is 3.24. The van der Waals surface area contributed by atoms with Crippen molar-refractivity contribution < 1.29 is 4.79 Å². The SMILES string of the molecule is CC(C)c1nccn1CC1CCN(CC(=O)NC(C)(C)C)CC1. The molecular formula is C18H32N4O. The van der Waals surface area contributed by atoms with E-state index in [2.05, 4.69) is 39.8 Å². The van der Waals surface area contributed by atoms with E-state index in [1.807, 2.05) is 27.0 Å². The summed E-state index contributed by atoms with van der Waals surface area (Å²) in [4.78, 5) is 18.8. The molecule has 1 aromatic heterocycles. The molecule has 0 spiro atoms. The van der Waals surface area contributed by atoms with Gasteiger partial charge in [0, 0.05) is 30.4 Å². The molecule has 1 amide bonds. The zero-order chi connectivity index (χ0) is 17.0. The first-order chi connectivity index (χ1) is 10.7. The van der Waals surface area contributed by atoms with Crippen molar-refractivity contribution in [1.82, 2.24) is 19.8 Å². The lowest BCUT2D eigenvalue weighted by Crippen LogP contribution is -2.47. The van der Waals surface area contributed by atoms with Crippen molar-refractivity contribution in [1.29, 1.82) is 0 Å². The average Bonchev–Trinajstić information content (AvgIpc) is 2.87. The number of nitrogens with zero attached hydrogens (tertiary/aromatic N) is 3. The predicted octanol–water partition coefficient (Wildman–Crippen LogP) is 2.63. The molecule has 0 radical (unpaired) electrons. The van der Waals surface area contributed by atoms with Gasteiger partial charge in [-0.3, -0.25) is 9.69 Å². The lowest BCUT2D eigenvalue weighted by molar-refractivity contribution is -0.124. The summed E-state index contributed by atoms with van der Waals surface area (Å²) in [7, 11) is 0. The van der Waals surface area contributed by atoms with Gasteiger partial charge in [0.15, 0.2) is 0 Å². The second-order valence-corrected chi connectivity index (χ2v) is 8.11. The zero-order valence-corrected chi connectivity index (χ0v) is 15.3. The molecule has 5 nitrogen and oxygen atoms in total. The standard InChI is InChI=1S/C18H32N4O/c1-14(2)17-19-8-11-22(17)12-15-6-9-21(10-7-15)13-16(23)20-18(3,4)5/h8,11,14-15H,6-7,9-10,12-13H2,1-5H3,(H,20,23). The molecule has 0 saturated carbocycles. The Morgan fingerprint density at radius 1 is 1.35 bits per heavy atom. The monoisotopic (exact) mass is 320 g/mol. The van der Waals surface area contributed by atoms with Crippen LogP contribution < -0.4 is 5.32 Å². The van der Waals surface area contributed by atoms with E-state index in [1.165, 1.54) is 5.82 Å². The minimum Gasteiger partial charge on any atom is -0.350 e. The maximum absolute atomic E-state index is 12.0. The number of carbonyl (C=O) groups excluding carboxylic acids is 1. The molecule has 0 aliphatic carbocycles. The second kappa shape index (κ2) is 7.47. The normalized spacial score (nSPS) is 17.7. The molecule has 23 heavy (non-hydrogen) atoms. The summed E-state index contributed by atoms with van der Waals surface area (Å²) >= 11 is 0. The highest BCUT2D eigenvalue weighted by Crippen LogP contribution is 2.21. The maximum Gasteiger partial charge on any atom is 0.234 e. The molecule has 0 aromatic carbocycles. The molecule has 1 N–H and O–H groups in total. The van der Waals surface area contributed by atoms with Crippen molar-refractivity contribution >= 4 is 5.91 Å². The Balaban J connectivity index is 1.78. The molecule has 1 aromatic rings. The number of aromatic nitrogens is 2. The number of nitrogens with one attached hydrogen (secondary N) is 1. The molecule has 0 bridgehead atoms. The highest BCUT2D eigenvalue weighted by molar-refractivity contribution is 5.78. The van der Waals surface area contributed by atoms with Gasteiger partial charge in [0.1, 0.15) is 5.82 Å². The minimum atomic E-state index is -0.149. The number of piperidine rings is 1. The van der Waals surface area contributed by atoms with Crippen LogP contribution in [-0.4, -0.2) is 45.5 Å². The van der Waals surface area contributed by atoms with Gasteiger partial charge in [0.05, 0.1) is 6.54 Å². The van der Waals surface area contributed by atoms with Crippen LogP contribution in [0.25, 0.3) is 0 Å². The molecule has 0 unspecified atom stereocenters. The third-order valence-corrected chi connectivity index (χ3v) is 4.31. The van der Waals surface area contributed by atoms with Crippen molar-refractivity contribution in [2.24, 2.45) is 5.92 Å². The van der Waals surface area contributed by atoms with Gasteiger partial charge in [-0.1, -0.05) is 13.8 Å². The molecular weight excluding hydrogens is 288 g/mol. The summed E-state index contributed by atoms with van der Waals surface area (Å²) in [6.07, 6.45) is 6.30. The van der Waals surface area contributed by atoms with Crippen LogP contribution in [0.3, 0.4) is 0 Å². The van der Waals surface area contributed by atoms with E-state index in [0.717, 1.165) is 32.5 Å². The summed E-state index contributed by atoms with van der Waals surface area (Å²) < 4.78 is 2.30. The van der Waals surface area contributed by atoms with Gasteiger partial charge in [-0.15, -0.1) is 0 Å². The van der Waals surface area contributed by atoms with Crippen molar-refractivity contribution in [2.75, 3.05) is 19.6 Å². The number of rotatable bonds is 5. The first-order valence-electron chi connectivity index (χ1n) is 8.79. The Labute approximate surface area is 140 Å². The Kier molecular flexibility index (Phi) is 5.84. The lowest BCUT2D eigenvalue weighted by atomic mass is 9.96. The minimum absolute atomic E-state index is 0.132. The van der Waals surface area contributed by atoms with Crippen LogP contribution in [0.1, 0.15) is 59.2 Å². The van der Waals surface area contributed by atoms with Crippen LogP contribution in [0.5, 0.6) is 0 Å². The Morgan fingerprint density at radius 3 is 2.57 bits per heavy atom. The van der Waals surface area contributed by atoms with Crippen molar-refractivity contribution in [3.05, 3.63) is 18.2 Å². The molecule has 0 atom stereocenters. The number of likely N-dealkylation sites (tertiary alicyclic amines) is 1. The van der Waals surface area contributed by atoms with Gasteiger partial charge in [-0.25, -0.2) is 4.98 Å². The van der Waals surface area contributed by atoms with E-state index < -0.39 is 0 Å². The average molecular weight is 320 g/mol. The number of hydrogen-bond donors (Lipinski definition) is 1. The molecule has 1 aliphatic rings. The third kappa shape index (κ3) is 5.65. The summed E-state index contributed by atoms with van der Waals surface area (Å²) in [6.45, 7) is 14.0. The summed E-state index contributed by atoms with van der Waals surface area (Å²) in [5, 5.41) is 3.04. The molecule has 5 heteroatoms. The van der Waals surface area contributed by atoms with Crippen molar-refractivity contribution in [3.8, 4) is 0 Å². The van der Waals surface area contributed by atoms with Crippen LogP contribution in [-0.2, 0) is 11.3 Å². The predicted molar refractivity (Wildman–Crippen MR) is 93.4 cm³/mol. The van der Waals surface area contributed by atoms with Crippen LogP contribution in [0.4, 0.5) is 0 Å². The van der Waals surface area contributed by atoms with E-state index in [0.29, 0.717) is 18.4 Å². The smallest absolute Gasteiger partial charge is 0.234 e. The molecule has 130 valence electrons. The number of imidazole rings is 1. The van der Waals surface area contributed by atoms with Crippen LogP contribution in [0, 0.1) is 5.92 Å². The van der Waals surface area contributed by atoms with Gasteiger partial charge in [0.2, 0.25) is 5.91 Å². The zero-order valence-electron chi connectivity index (χ0n) is 15.3. The Morgan fingerprint density at radius 2 is 2.00 bits per heavy atom. The fraction of sp³-hybridized carbons (Fsp3) is 0.778. The maximum atomic E-state index is 12.0. The number of amides is 1. The van der Waals surface area contributed by atoms with Crippen LogP contribution in [0.2, 0.25) is 0 Å². The van der Waals surface area contributed by atoms with Crippen LogP contribution in [0.15, 0.2) is 12.4 Å². The van der Waals surface area contributed by atoms with E-state index in [4.69, 9.17) is 0 Å². The first kappa shape index (κ1) is 18.0. The topological polar surface area (TPSA) is 50.2 Å². The van der Waals surface area contributed by atoms with Gasteiger partial charge in [-0.05, 0) is 52.6 Å². The largest absolute Gasteiger partial charge is 0.350 e. The van der Waals surface area contributed by atoms with Gasteiger partial charge in [-0.2, -0.15) is 0 Å². The van der Waals surface area contributed by atoms with E-state index >= 15 is 0 Å². The Hall–Kier alpha value is -1.36. The quantitative estimate of drug-likeness (QED) is 0.907. The van der Waals surface area contributed by atoms with E-state index in [-0.39, 0.29) is 11.4 Å². The van der Waals surface area contributed by atoms with Gasteiger partial charge < -0.3 is 9.88 Å². The highest BCUT2D eigenvalue weighted by atomic mass is 16.2. The van der Waals surface area contributed by atoms with Gasteiger partial charge in [0.25, 0.3) is 0 Å². The summed E-state index contributed by atoms with van der Waals surface area (Å²) in [5.74, 6) is 2.46. The molecule has 2 rings (SSSR count). The number of hydrogen-bond acceptors (Lipinski definition) is 3. The molecule has 1 fully saturated rings. The Bertz CT molecular complexity index is 507. The molecule has 2 heterocycles.